The van der Waals surface area contributed by atoms with E-state index in [0.29, 0.717) is 19.1 Å². The lowest BCUT2D eigenvalue weighted by molar-refractivity contribution is 0.116. The van der Waals surface area contributed by atoms with E-state index in [1.165, 1.54) is 25.0 Å². The van der Waals surface area contributed by atoms with Gasteiger partial charge in [0.2, 0.25) is 0 Å². The Morgan fingerprint density at radius 2 is 2.06 bits per heavy atom. The minimum Gasteiger partial charge on any atom is -0.387 e. The van der Waals surface area contributed by atoms with Gasteiger partial charge >= 0.3 is 0 Å². The monoisotopic (exact) mass is 247 g/mol. The molecule has 96 valence electrons. The lowest BCUT2D eigenvalue weighted by Gasteiger charge is -2.22. The summed E-state index contributed by atoms with van der Waals surface area (Å²) >= 11 is 0. The Morgan fingerprint density at radius 1 is 1.39 bits per heavy atom. The molecular formula is C15H18FNO. The van der Waals surface area contributed by atoms with Crippen LogP contribution in [0.5, 0.6) is 0 Å². The van der Waals surface area contributed by atoms with Gasteiger partial charge < -0.3 is 5.11 Å². The summed E-state index contributed by atoms with van der Waals surface area (Å²) in [6.45, 7) is 3.08. The number of aliphatic hydroxyl groups excluding tert-OH is 1. The number of benzene rings is 1. The molecule has 1 aliphatic rings. The van der Waals surface area contributed by atoms with E-state index < -0.39 is 6.10 Å². The zero-order valence-electron chi connectivity index (χ0n) is 10.6. The van der Waals surface area contributed by atoms with Crippen molar-refractivity contribution in [2.45, 2.75) is 31.9 Å². The van der Waals surface area contributed by atoms with E-state index in [0.717, 1.165) is 5.56 Å². The summed E-state index contributed by atoms with van der Waals surface area (Å²) in [5.74, 6) is 5.64. The van der Waals surface area contributed by atoms with Crippen molar-refractivity contribution in [2.75, 3.05) is 13.1 Å². The first-order valence-corrected chi connectivity index (χ1v) is 6.28. The second-order valence-corrected chi connectivity index (χ2v) is 4.65. The van der Waals surface area contributed by atoms with Gasteiger partial charge in [0.05, 0.1) is 12.6 Å². The van der Waals surface area contributed by atoms with E-state index in [2.05, 4.69) is 16.7 Å². The summed E-state index contributed by atoms with van der Waals surface area (Å²) in [5.41, 5.74) is 0.756. The van der Waals surface area contributed by atoms with Gasteiger partial charge in [-0.3, -0.25) is 4.90 Å². The Bertz CT molecular complexity index is 442. The summed E-state index contributed by atoms with van der Waals surface area (Å²) in [6.07, 6.45) is 1.79. The quantitative estimate of drug-likeness (QED) is 0.807. The molecule has 1 saturated carbocycles. The molecule has 0 aromatic heterocycles. The minimum atomic E-state index is -0.579. The van der Waals surface area contributed by atoms with Crippen LogP contribution < -0.4 is 0 Å². The third-order valence-corrected chi connectivity index (χ3v) is 3.18. The average molecular weight is 247 g/mol. The second kappa shape index (κ2) is 5.99. The first kappa shape index (κ1) is 13.1. The molecule has 1 aromatic carbocycles. The Hall–Kier alpha value is -1.37. The number of halogens is 1. The predicted octanol–water partition coefficient (Wildman–Crippen LogP) is 2.35. The van der Waals surface area contributed by atoms with E-state index >= 15 is 0 Å². The molecule has 0 spiro atoms. The molecule has 0 bridgehead atoms. The number of hydrogen-bond donors (Lipinski definition) is 1. The second-order valence-electron chi connectivity index (χ2n) is 4.65. The summed E-state index contributed by atoms with van der Waals surface area (Å²) < 4.78 is 12.8. The third kappa shape index (κ3) is 3.56. The Labute approximate surface area is 107 Å². The lowest BCUT2D eigenvalue weighted by Crippen LogP contribution is -2.31. The van der Waals surface area contributed by atoms with Crippen molar-refractivity contribution in [3.8, 4) is 11.8 Å². The molecule has 1 aromatic rings. The van der Waals surface area contributed by atoms with Crippen LogP contribution in [0.1, 0.15) is 31.4 Å². The van der Waals surface area contributed by atoms with Gasteiger partial charge in [0.1, 0.15) is 5.82 Å². The fourth-order valence-electron chi connectivity index (χ4n) is 1.98. The molecule has 1 fully saturated rings. The Morgan fingerprint density at radius 3 is 2.61 bits per heavy atom. The highest BCUT2D eigenvalue weighted by Gasteiger charge is 2.29. The van der Waals surface area contributed by atoms with E-state index in [-0.39, 0.29) is 5.82 Å². The van der Waals surface area contributed by atoms with Crippen molar-refractivity contribution < 1.29 is 9.50 Å². The molecule has 0 saturated heterocycles. The molecule has 1 atom stereocenters. The highest BCUT2D eigenvalue weighted by Crippen LogP contribution is 2.28. The SMILES string of the molecule is CC#CCN(CC(O)c1ccc(F)cc1)C1CC1. The van der Waals surface area contributed by atoms with Crippen LogP contribution in [0.3, 0.4) is 0 Å². The van der Waals surface area contributed by atoms with E-state index in [4.69, 9.17) is 0 Å². The average Bonchev–Trinajstić information content (AvgIpc) is 3.19. The zero-order valence-corrected chi connectivity index (χ0v) is 10.6. The minimum absolute atomic E-state index is 0.276. The molecule has 0 radical (unpaired) electrons. The molecule has 0 aliphatic heterocycles. The first-order chi connectivity index (χ1) is 8.70. The molecule has 2 nitrogen and oxygen atoms in total. The van der Waals surface area contributed by atoms with Crippen molar-refractivity contribution in [3.05, 3.63) is 35.6 Å². The summed E-state index contributed by atoms with van der Waals surface area (Å²) in [5, 5.41) is 10.1. The molecule has 1 unspecified atom stereocenters. The maximum Gasteiger partial charge on any atom is 0.123 e. The maximum atomic E-state index is 12.8. The summed E-state index contributed by atoms with van der Waals surface area (Å²) in [4.78, 5) is 2.20. The summed E-state index contributed by atoms with van der Waals surface area (Å²) in [7, 11) is 0. The fraction of sp³-hybridized carbons (Fsp3) is 0.467. The third-order valence-electron chi connectivity index (χ3n) is 3.18. The van der Waals surface area contributed by atoms with Crippen LogP contribution in [0.2, 0.25) is 0 Å². The maximum absolute atomic E-state index is 12.8. The van der Waals surface area contributed by atoms with Gasteiger partial charge in [0, 0.05) is 12.6 Å². The highest BCUT2D eigenvalue weighted by atomic mass is 19.1. The van der Waals surface area contributed by atoms with Gasteiger partial charge in [-0.2, -0.15) is 0 Å². The Kier molecular flexibility index (Phi) is 4.35. The van der Waals surface area contributed by atoms with E-state index in [9.17, 15) is 9.50 Å². The van der Waals surface area contributed by atoms with E-state index in [1.54, 1.807) is 12.1 Å². The van der Waals surface area contributed by atoms with Crippen molar-refractivity contribution in [1.82, 2.24) is 4.90 Å². The van der Waals surface area contributed by atoms with Crippen molar-refractivity contribution >= 4 is 0 Å². The molecule has 0 heterocycles. The van der Waals surface area contributed by atoms with Crippen LogP contribution in [0.25, 0.3) is 0 Å². The largest absolute Gasteiger partial charge is 0.387 e. The molecule has 1 aliphatic carbocycles. The van der Waals surface area contributed by atoms with E-state index in [1.807, 2.05) is 6.92 Å². The van der Waals surface area contributed by atoms with Crippen LogP contribution in [0, 0.1) is 17.7 Å². The van der Waals surface area contributed by atoms with Gasteiger partial charge in [0.15, 0.2) is 0 Å². The van der Waals surface area contributed by atoms with Crippen LogP contribution in [-0.2, 0) is 0 Å². The summed E-state index contributed by atoms with van der Waals surface area (Å²) in [6, 6.07) is 6.59. The van der Waals surface area contributed by atoms with Gasteiger partial charge in [-0.1, -0.05) is 18.1 Å². The van der Waals surface area contributed by atoms with Crippen molar-refractivity contribution in [2.24, 2.45) is 0 Å². The smallest absolute Gasteiger partial charge is 0.123 e. The van der Waals surface area contributed by atoms with Crippen LogP contribution in [-0.4, -0.2) is 29.1 Å². The molecule has 18 heavy (non-hydrogen) atoms. The number of rotatable bonds is 5. The van der Waals surface area contributed by atoms with Crippen LogP contribution in [0.4, 0.5) is 4.39 Å². The Balaban J connectivity index is 1.96. The first-order valence-electron chi connectivity index (χ1n) is 6.28. The standard InChI is InChI=1S/C15H18FNO/c1-2-3-10-17(14-8-9-14)11-15(18)12-4-6-13(16)7-5-12/h4-7,14-15,18H,8-11H2,1H3. The fourth-order valence-corrected chi connectivity index (χ4v) is 1.98. The van der Waals surface area contributed by atoms with Gasteiger partial charge in [-0.05, 0) is 37.5 Å². The molecular weight excluding hydrogens is 229 g/mol. The highest BCUT2D eigenvalue weighted by molar-refractivity contribution is 5.19. The van der Waals surface area contributed by atoms with Crippen LogP contribution in [0.15, 0.2) is 24.3 Å². The molecule has 1 N–H and O–H groups in total. The van der Waals surface area contributed by atoms with Gasteiger partial charge in [0.25, 0.3) is 0 Å². The predicted molar refractivity (Wildman–Crippen MR) is 69.4 cm³/mol. The number of aliphatic hydroxyl groups is 1. The zero-order chi connectivity index (χ0) is 13.0. The van der Waals surface area contributed by atoms with Gasteiger partial charge in [-0.25, -0.2) is 4.39 Å². The van der Waals surface area contributed by atoms with Crippen molar-refractivity contribution in [1.29, 1.82) is 0 Å². The molecule has 2 rings (SSSR count). The topological polar surface area (TPSA) is 23.5 Å². The lowest BCUT2D eigenvalue weighted by atomic mass is 10.1. The molecule has 0 amide bonds. The van der Waals surface area contributed by atoms with Crippen molar-refractivity contribution in [3.63, 3.8) is 0 Å². The molecule has 3 heteroatoms. The van der Waals surface area contributed by atoms with Gasteiger partial charge in [-0.15, -0.1) is 5.92 Å². The van der Waals surface area contributed by atoms with Crippen LogP contribution >= 0.6 is 0 Å². The normalized spacial score (nSPS) is 16.2. The number of nitrogens with zero attached hydrogens (tertiary/aromatic N) is 1. The number of hydrogen-bond acceptors (Lipinski definition) is 2.